The van der Waals surface area contributed by atoms with E-state index in [2.05, 4.69) is 0 Å². The molecule has 0 unspecified atom stereocenters. The lowest BCUT2D eigenvalue weighted by molar-refractivity contribution is -0.126. The van der Waals surface area contributed by atoms with E-state index in [-0.39, 0.29) is 11.9 Å². The maximum Gasteiger partial charge on any atom is 0.338 e. The van der Waals surface area contributed by atoms with Gasteiger partial charge in [-0.1, -0.05) is 18.2 Å². The molecular weight excluding hydrogens is 318 g/mol. The number of rotatable bonds is 4. The van der Waals surface area contributed by atoms with Crippen LogP contribution in [0.4, 0.5) is 5.69 Å². The highest BCUT2D eigenvalue weighted by Crippen LogP contribution is 2.32. The molecule has 2 atom stereocenters. The first-order chi connectivity index (χ1) is 12.0. The van der Waals surface area contributed by atoms with E-state index in [1.807, 2.05) is 31.2 Å². The standard InChI is InChI=1S/C20H21NO4/c1-13-12-16-6-4-5-7-18(16)21(13)19(22)14(2)25-20(23)15-8-10-17(24-3)11-9-15/h4-11,13-14H,12H2,1-3H3/t13-,14+/m1/s1. The van der Waals surface area contributed by atoms with Crippen LogP contribution < -0.4 is 9.64 Å². The Morgan fingerprint density at radius 3 is 2.48 bits per heavy atom. The van der Waals surface area contributed by atoms with Crippen LogP contribution in [0.3, 0.4) is 0 Å². The van der Waals surface area contributed by atoms with E-state index >= 15 is 0 Å². The van der Waals surface area contributed by atoms with E-state index in [1.54, 1.807) is 43.2 Å². The minimum absolute atomic E-state index is 0.0482. The average Bonchev–Trinajstić information content (AvgIpc) is 2.96. The molecule has 5 nitrogen and oxygen atoms in total. The summed E-state index contributed by atoms with van der Waals surface area (Å²) >= 11 is 0. The number of esters is 1. The molecule has 1 aliphatic rings. The molecule has 1 amide bonds. The molecule has 0 saturated heterocycles. The van der Waals surface area contributed by atoms with Crippen molar-refractivity contribution in [1.82, 2.24) is 0 Å². The Morgan fingerprint density at radius 2 is 1.80 bits per heavy atom. The van der Waals surface area contributed by atoms with Crippen LogP contribution in [0, 0.1) is 0 Å². The normalized spacial score (nSPS) is 16.9. The summed E-state index contributed by atoms with van der Waals surface area (Å²) < 4.78 is 10.4. The molecule has 0 aromatic heterocycles. The molecule has 0 N–H and O–H groups in total. The summed E-state index contributed by atoms with van der Waals surface area (Å²) in [4.78, 5) is 26.8. The maximum atomic E-state index is 12.8. The first kappa shape index (κ1) is 17.0. The number of fused-ring (bicyclic) bond motifs is 1. The van der Waals surface area contributed by atoms with Gasteiger partial charge in [0.15, 0.2) is 6.10 Å². The van der Waals surface area contributed by atoms with Gasteiger partial charge < -0.3 is 14.4 Å². The summed E-state index contributed by atoms with van der Waals surface area (Å²) in [5.41, 5.74) is 2.42. The Bertz CT molecular complexity index is 785. The van der Waals surface area contributed by atoms with Crippen molar-refractivity contribution in [2.24, 2.45) is 0 Å². The molecule has 0 bridgehead atoms. The van der Waals surface area contributed by atoms with Crippen LogP contribution in [0.5, 0.6) is 5.75 Å². The molecule has 25 heavy (non-hydrogen) atoms. The fraction of sp³-hybridized carbons (Fsp3) is 0.300. The van der Waals surface area contributed by atoms with Gasteiger partial charge in [0.25, 0.3) is 5.91 Å². The van der Waals surface area contributed by atoms with Crippen molar-refractivity contribution in [3.05, 3.63) is 59.7 Å². The number of hydrogen-bond donors (Lipinski definition) is 0. The van der Waals surface area contributed by atoms with Gasteiger partial charge in [0.05, 0.1) is 12.7 Å². The lowest BCUT2D eigenvalue weighted by Gasteiger charge is -2.25. The molecule has 0 radical (unpaired) electrons. The van der Waals surface area contributed by atoms with Gasteiger partial charge >= 0.3 is 5.97 Å². The molecule has 2 aromatic rings. The van der Waals surface area contributed by atoms with Crippen molar-refractivity contribution >= 4 is 17.6 Å². The van der Waals surface area contributed by atoms with Crippen molar-refractivity contribution < 1.29 is 19.1 Å². The summed E-state index contributed by atoms with van der Waals surface area (Å²) in [5.74, 6) is -0.0777. The number of benzene rings is 2. The van der Waals surface area contributed by atoms with Crippen LogP contribution in [0.25, 0.3) is 0 Å². The second-order valence-corrected chi connectivity index (χ2v) is 6.17. The number of carbonyl (C=O) groups is 2. The molecule has 5 heteroatoms. The fourth-order valence-corrected chi connectivity index (χ4v) is 3.10. The van der Waals surface area contributed by atoms with E-state index in [1.165, 1.54) is 0 Å². The highest BCUT2D eigenvalue weighted by atomic mass is 16.5. The van der Waals surface area contributed by atoms with Crippen LogP contribution in [-0.2, 0) is 16.0 Å². The lowest BCUT2D eigenvalue weighted by Crippen LogP contribution is -2.43. The largest absolute Gasteiger partial charge is 0.497 e. The van der Waals surface area contributed by atoms with Crippen LogP contribution in [0.2, 0.25) is 0 Å². The van der Waals surface area contributed by atoms with Gasteiger partial charge in [-0.3, -0.25) is 4.79 Å². The van der Waals surface area contributed by atoms with E-state index in [9.17, 15) is 9.59 Å². The monoisotopic (exact) mass is 339 g/mol. The Morgan fingerprint density at radius 1 is 1.12 bits per heavy atom. The third-order valence-corrected chi connectivity index (χ3v) is 4.40. The number of methoxy groups -OCH3 is 1. The summed E-state index contributed by atoms with van der Waals surface area (Å²) in [5, 5.41) is 0. The minimum atomic E-state index is -0.858. The van der Waals surface area contributed by atoms with Crippen LogP contribution in [0.1, 0.15) is 29.8 Å². The Balaban J connectivity index is 1.71. The first-order valence-electron chi connectivity index (χ1n) is 8.27. The summed E-state index contributed by atoms with van der Waals surface area (Å²) in [6.45, 7) is 3.60. The maximum absolute atomic E-state index is 12.8. The minimum Gasteiger partial charge on any atom is -0.497 e. The Kier molecular flexibility index (Phi) is 4.74. The van der Waals surface area contributed by atoms with Gasteiger partial charge in [0.2, 0.25) is 0 Å². The van der Waals surface area contributed by atoms with E-state index in [0.29, 0.717) is 11.3 Å². The third-order valence-electron chi connectivity index (χ3n) is 4.40. The number of carbonyl (C=O) groups excluding carboxylic acids is 2. The fourth-order valence-electron chi connectivity index (χ4n) is 3.10. The molecular formula is C20H21NO4. The van der Waals surface area contributed by atoms with Gasteiger partial charge in [-0.05, 0) is 56.2 Å². The molecule has 0 aliphatic carbocycles. The number of nitrogens with zero attached hydrogens (tertiary/aromatic N) is 1. The van der Waals surface area contributed by atoms with Gasteiger partial charge in [-0.25, -0.2) is 4.79 Å². The zero-order valence-corrected chi connectivity index (χ0v) is 14.6. The van der Waals surface area contributed by atoms with Gasteiger partial charge in [0, 0.05) is 11.7 Å². The third kappa shape index (κ3) is 3.36. The number of anilines is 1. The zero-order chi connectivity index (χ0) is 18.0. The Labute approximate surface area is 147 Å². The molecule has 0 spiro atoms. The number of hydrogen-bond acceptors (Lipinski definition) is 4. The summed E-state index contributed by atoms with van der Waals surface area (Å²) in [6, 6.07) is 14.5. The van der Waals surface area contributed by atoms with Crippen LogP contribution >= 0.6 is 0 Å². The van der Waals surface area contributed by atoms with Crippen molar-refractivity contribution in [1.29, 1.82) is 0 Å². The summed E-state index contributed by atoms with van der Waals surface area (Å²) in [6.07, 6.45) is -0.0515. The lowest BCUT2D eigenvalue weighted by atomic mass is 10.1. The molecule has 1 heterocycles. The first-order valence-corrected chi connectivity index (χ1v) is 8.27. The second-order valence-electron chi connectivity index (χ2n) is 6.17. The number of ether oxygens (including phenoxy) is 2. The molecule has 1 aliphatic heterocycles. The van der Waals surface area contributed by atoms with Crippen LogP contribution in [0.15, 0.2) is 48.5 Å². The smallest absolute Gasteiger partial charge is 0.338 e. The number of amides is 1. The topological polar surface area (TPSA) is 55.8 Å². The van der Waals surface area contributed by atoms with E-state index < -0.39 is 12.1 Å². The van der Waals surface area contributed by atoms with Crippen molar-refractivity contribution in [3.8, 4) is 5.75 Å². The van der Waals surface area contributed by atoms with Crippen molar-refractivity contribution in [2.75, 3.05) is 12.0 Å². The van der Waals surface area contributed by atoms with E-state index in [4.69, 9.17) is 9.47 Å². The zero-order valence-electron chi connectivity index (χ0n) is 14.6. The molecule has 0 fully saturated rings. The quantitative estimate of drug-likeness (QED) is 0.803. The Hall–Kier alpha value is -2.82. The van der Waals surface area contributed by atoms with Crippen molar-refractivity contribution in [3.63, 3.8) is 0 Å². The average molecular weight is 339 g/mol. The van der Waals surface area contributed by atoms with E-state index in [0.717, 1.165) is 17.7 Å². The highest BCUT2D eigenvalue weighted by Gasteiger charge is 2.34. The number of para-hydroxylation sites is 1. The molecule has 130 valence electrons. The predicted octanol–water partition coefficient (Wildman–Crippen LogP) is 3.22. The molecule has 0 saturated carbocycles. The van der Waals surface area contributed by atoms with Gasteiger partial charge in [-0.2, -0.15) is 0 Å². The molecule has 3 rings (SSSR count). The SMILES string of the molecule is COc1ccc(C(=O)O[C@@H](C)C(=O)N2c3ccccc3C[C@H]2C)cc1. The van der Waals surface area contributed by atoms with Crippen LogP contribution in [-0.4, -0.2) is 31.1 Å². The highest BCUT2D eigenvalue weighted by molar-refractivity contribution is 6.00. The van der Waals surface area contributed by atoms with Gasteiger partial charge in [0.1, 0.15) is 5.75 Å². The van der Waals surface area contributed by atoms with Gasteiger partial charge in [-0.15, -0.1) is 0 Å². The summed E-state index contributed by atoms with van der Waals surface area (Å²) in [7, 11) is 1.56. The second kappa shape index (κ2) is 6.97. The predicted molar refractivity (Wildman–Crippen MR) is 95.0 cm³/mol. The van der Waals surface area contributed by atoms with Crippen molar-refractivity contribution in [2.45, 2.75) is 32.4 Å². The molecule has 2 aromatic carbocycles.